The molecule has 46 valence electrons. The number of halogens is 1. The number of nitrogens with one attached hydrogen (secondary N) is 1. The molecule has 9 heavy (non-hydrogen) atoms. The van der Waals surface area contributed by atoms with Crippen molar-refractivity contribution in [2.24, 2.45) is 0 Å². The van der Waals surface area contributed by atoms with Gasteiger partial charge in [0.25, 0.3) is 0 Å². The van der Waals surface area contributed by atoms with Gasteiger partial charge in [-0.15, -0.1) is 0 Å². The molecule has 0 saturated carbocycles. The van der Waals surface area contributed by atoms with E-state index in [4.69, 9.17) is 0 Å². The number of aromatic amines is 1. The molecule has 0 unspecified atom stereocenters. The molecule has 1 N–H and O–H groups in total. The van der Waals surface area contributed by atoms with Crippen molar-refractivity contribution in [3.8, 4) is 0 Å². The van der Waals surface area contributed by atoms with Crippen molar-refractivity contribution in [3.63, 3.8) is 0 Å². The summed E-state index contributed by atoms with van der Waals surface area (Å²) in [6, 6.07) is 6.21. The topological polar surface area (TPSA) is 15.8 Å². The van der Waals surface area contributed by atoms with Crippen LogP contribution in [0.15, 0.2) is 22.7 Å². The molecule has 0 aliphatic rings. The molecule has 0 saturated heterocycles. The zero-order valence-corrected chi connectivity index (χ0v) is 6.92. The molecule has 0 bridgehead atoms. The van der Waals surface area contributed by atoms with Crippen molar-refractivity contribution in [1.82, 2.24) is 4.37 Å². The van der Waals surface area contributed by atoms with Crippen molar-refractivity contribution in [2.45, 2.75) is 0 Å². The summed E-state index contributed by atoms with van der Waals surface area (Å²) in [4.78, 5) is 0. The number of aromatic nitrogens is 1. The van der Waals surface area contributed by atoms with Gasteiger partial charge in [0.1, 0.15) is 0 Å². The largest absolute Gasteiger partial charge is 0.309 e. The molecule has 0 spiro atoms. The lowest BCUT2D eigenvalue weighted by molar-refractivity contribution is 1.60. The SMILES string of the molecule is Brc1ccc2[nH]sc2c1. The minimum absolute atomic E-state index is 1.15. The second kappa shape index (κ2) is 1.85. The summed E-state index contributed by atoms with van der Waals surface area (Å²) < 4.78 is 5.58. The van der Waals surface area contributed by atoms with Gasteiger partial charge in [0, 0.05) is 4.47 Å². The van der Waals surface area contributed by atoms with E-state index >= 15 is 0 Å². The maximum absolute atomic E-state index is 3.39. The van der Waals surface area contributed by atoms with Crippen LogP contribution in [0.1, 0.15) is 0 Å². The first-order valence-electron chi connectivity index (χ1n) is 2.59. The zero-order valence-electron chi connectivity index (χ0n) is 4.52. The molecule has 1 aromatic carbocycles. The van der Waals surface area contributed by atoms with E-state index < -0.39 is 0 Å². The minimum Gasteiger partial charge on any atom is -0.309 e. The van der Waals surface area contributed by atoms with Crippen LogP contribution in [0.2, 0.25) is 0 Å². The fourth-order valence-corrected chi connectivity index (χ4v) is 1.90. The summed E-state index contributed by atoms with van der Waals surface area (Å²) in [5.41, 5.74) is 1.24. The van der Waals surface area contributed by atoms with E-state index in [2.05, 4.69) is 32.4 Å². The number of benzene rings is 1. The average Bonchev–Trinajstić information content (AvgIpc) is 1.78. The fraction of sp³-hybridized carbons (Fsp3) is 0. The third-order valence-corrected chi connectivity index (χ3v) is 2.59. The average molecular weight is 202 g/mol. The molecule has 0 amide bonds. The Morgan fingerprint density at radius 2 is 2.33 bits per heavy atom. The Labute approximate surface area is 65.0 Å². The highest BCUT2D eigenvalue weighted by Crippen LogP contribution is 2.23. The van der Waals surface area contributed by atoms with Gasteiger partial charge in [-0.3, -0.25) is 0 Å². The number of fused-ring (bicyclic) bond motifs is 1. The predicted octanol–water partition coefficient (Wildman–Crippen LogP) is 2.99. The molecule has 2 rings (SSSR count). The summed E-state index contributed by atoms with van der Waals surface area (Å²) in [5.74, 6) is 0. The molecule has 0 fully saturated rings. The number of H-pyrrole nitrogens is 1. The molecule has 1 nitrogen and oxygen atoms in total. The van der Waals surface area contributed by atoms with Crippen LogP contribution in [0, 0.1) is 0 Å². The predicted molar refractivity (Wildman–Crippen MR) is 43.9 cm³/mol. The van der Waals surface area contributed by atoms with Crippen LogP contribution in [0.3, 0.4) is 0 Å². The van der Waals surface area contributed by atoms with Gasteiger partial charge >= 0.3 is 0 Å². The Kier molecular flexibility index (Phi) is 1.13. The van der Waals surface area contributed by atoms with Gasteiger partial charge < -0.3 is 4.37 Å². The molecule has 0 aliphatic carbocycles. The zero-order chi connectivity index (χ0) is 6.27. The summed E-state index contributed by atoms with van der Waals surface area (Å²) in [7, 11) is 0. The molecule has 3 heteroatoms. The maximum Gasteiger partial charge on any atom is 0.0695 e. The molecule has 0 atom stereocenters. The normalized spacial score (nSPS) is 10.8. The molecule has 1 heterocycles. The lowest BCUT2D eigenvalue weighted by Gasteiger charge is -1.99. The Morgan fingerprint density at radius 3 is 2.78 bits per heavy atom. The summed E-state index contributed by atoms with van der Waals surface area (Å²) in [5, 5.41) is 0. The molecular weight excluding hydrogens is 198 g/mol. The van der Waals surface area contributed by atoms with Crippen molar-refractivity contribution in [1.29, 1.82) is 0 Å². The molecule has 0 radical (unpaired) electrons. The standard InChI is InChI=1S/C6H4BrNS/c7-4-1-2-5-6(3-4)9-8-5/h1-3,8H. The van der Waals surface area contributed by atoms with E-state index in [1.807, 2.05) is 6.07 Å². The van der Waals surface area contributed by atoms with Gasteiger partial charge in [0.2, 0.25) is 0 Å². The van der Waals surface area contributed by atoms with E-state index in [-0.39, 0.29) is 0 Å². The first-order chi connectivity index (χ1) is 4.36. The molecule has 0 aliphatic heterocycles. The highest BCUT2D eigenvalue weighted by Gasteiger charge is 1.95. The third kappa shape index (κ3) is 0.804. The lowest BCUT2D eigenvalue weighted by Crippen LogP contribution is -1.75. The smallest absolute Gasteiger partial charge is 0.0695 e. The number of rotatable bonds is 0. The van der Waals surface area contributed by atoms with Crippen LogP contribution in [-0.4, -0.2) is 4.37 Å². The quantitative estimate of drug-likeness (QED) is 0.675. The second-order valence-electron chi connectivity index (χ2n) is 1.84. The van der Waals surface area contributed by atoms with Gasteiger partial charge in [-0.2, -0.15) is 0 Å². The van der Waals surface area contributed by atoms with Crippen LogP contribution < -0.4 is 0 Å². The highest BCUT2D eigenvalue weighted by molar-refractivity contribution is 9.10. The number of hydrogen-bond donors (Lipinski definition) is 1. The Hall–Kier alpha value is -0.280. The molecular formula is C6H4BrNS. The van der Waals surface area contributed by atoms with Crippen LogP contribution in [-0.2, 0) is 0 Å². The first kappa shape index (κ1) is 5.50. The highest BCUT2D eigenvalue weighted by atomic mass is 79.9. The van der Waals surface area contributed by atoms with Gasteiger partial charge in [-0.25, -0.2) is 0 Å². The van der Waals surface area contributed by atoms with Crippen LogP contribution >= 0.6 is 27.5 Å². The minimum atomic E-state index is 1.15. The van der Waals surface area contributed by atoms with Crippen LogP contribution in [0.4, 0.5) is 0 Å². The Morgan fingerprint density at radius 1 is 1.44 bits per heavy atom. The van der Waals surface area contributed by atoms with Crippen molar-refractivity contribution >= 4 is 37.7 Å². The van der Waals surface area contributed by atoms with Crippen molar-refractivity contribution in [3.05, 3.63) is 22.7 Å². The maximum atomic E-state index is 3.39. The number of hydrogen-bond acceptors (Lipinski definition) is 1. The van der Waals surface area contributed by atoms with E-state index in [1.54, 1.807) is 11.5 Å². The lowest BCUT2D eigenvalue weighted by atomic mass is 10.3. The third-order valence-electron chi connectivity index (χ3n) is 1.21. The summed E-state index contributed by atoms with van der Waals surface area (Å²) in [6.45, 7) is 0. The van der Waals surface area contributed by atoms with Crippen molar-refractivity contribution < 1.29 is 0 Å². The summed E-state index contributed by atoms with van der Waals surface area (Å²) in [6.07, 6.45) is 0. The Balaban J connectivity index is 2.78. The van der Waals surface area contributed by atoms with E-state index in [0.29, 0.717) is 0 Å². The second-order valence-corrected chi connectivity index (χ2v) is 3.61. The fourth-order valence-electron chi connectivity index (χ4n) is 0.729. The van der Waals surface area contributed by atoms with Crippen molar-refractivity contribution in [2.75, 3.05) is 0 Å². The van der Waals surface area contributed by atoms with E-state index in [0.717, 1.165) is 4.47 Å². The monoisotopic (exact) mass is 201 g/mol. The van der Waals surface area contributed by atoms with Gasteiger partial charge in [0.05, 0.1) is 10.2 Å². The van der Waals surface area contributed by atoms with E-state index in [9.17, 15) is 0 Å². The first-order valence-corrected chi connectivity index (χ1v) is 4.19. The molecule has 2 aromatic rings. The van der Waals surface area contributed by atoms with Crippen LogP contribution in [0.25, 0.3) is 10.2 Å². The van der Waals surface area contributed by atoms with Gasteiger partial charge in [-0.05, 0) is 18.2 Å². The van der Waals surface area contributed by atoms with E-state index in [1.165, 1.54) is 10.2 Å². The van der Waals surface area contributed by atoms with Gasteiger partial charge in [0.15, 0.2) is 0 Å². The van der Waals surface area contributed by atoms with Gasteiger partial charge in [-0.1, -0.05) is 27.5 Å². The Bertz CT molecular complexity index is 322. The summed E-state index contributed by atoms with van der Waals surface area (Å²) >= 11 is 5.05. The van der Waals surface area contributed by atoms with Crippen LogP contribution in [0.5, 0.6) is 0 Å². The molecule has 1 aromatic heterocycles.